The minimum absolute atomic E-state index is 0.175. The van der Waals surface area contributed by atoms with Crippen LogP contribution < -0.4 is 14.8 Å². The Morgan fingerprint density at radius 3 is 2.16 bits per heavy atom. The number of anilines is 2. The van der Waals surface area contributed by atoms with Gasteiger partial charge in [0, 0.05) is 11.4 Å². The first-order valence-corrected chi connectivity index (χ1v) is 10.4. The zero-order valence-corrected chi connectivity index (χ0v) is 16.7. The molecule has 10 heteroatoms. The third-order valence-electron chi connectivity index (χ3n) is 4.00. The highest BCUT2D eigenvalue weighted by Gasteiger charge is 2.30. The second-order valence-electron chi connectivity index (χ2n) is 6.36. The van der Waals surface area contributed by atoms with Crippen LogP contribution >= 0.6 is 0 Å². The molecule has 0 bridgehead atoms. The number of para-hydroxylation sites is 1. The molecule has 3 aromatic rings. The summed E-state index contributed by atoms with van der Waals surface area (Å²) in [7, 11) is -4.12. The molecule has 0 atom stereocenters. The van der Waals surface area contributed by atoms with Gasteiger partial charge in [-0.05, 0) is 54.6 Å². The molecule has 0 saturated heterocycles. The van der Waals surface area contributed by atoms with Crippen molar-refractivity contribution >= 4 is 27.3 Å². The van der Waals surface area contributed by atoms with E-state index in [1.807, 2.05) is 6.07 Å². The fourth-order valence-electron chi connectivity index (χ4n) is 2.56. The fourth-order valence-corrected chi connectivity index (χ4v) is 3.61. The number of alkyl halides is 3. The van der Waals surface area contributed by atoms with E-state index in [1.54, 1.807) is 24.3 Å². The average molecular weight is 450 g/mol. The zero-order chi connectivity index (χ0) is 22.5. The van der Waals surface area contributed by atoms with E-state index in [0.717, 1.165) is 12.1 Å². The number of carbonyl (C=O) groups is 1. The molecular formula is C21H17F3N2O4S. The molecule has 0 aliphatic heterocycles. The summed E-state index contributed by atoms with van der Waals surface area (Å²) in [4.78, 5) is 11.7. The Morgan fingerprint density at radius 2 is 1.52 bits per heavy atom. The largest absolute Gasteiger partial charge is 0.484 e. The van der Waals surface area contributed by atoms with E-state index in [2.05, 4.69) is 10.0 Å². The number of benzene rings is 3. The number of carbonyl (C=O) groups excluding carboxylic acids is 1. The molecule has 0 saturated carbocycles. The molecular weight excluding hydrogens is 433 g/mol. The van der Waals surface area contributed by atoms with E-state index in [0.29, 0.717) is 11.8 Å². The van der Waals surface area contributed by atoms with Gasteiger partial charge in [-0.2, -0.15) is 13.2 Å². The van der Waals surface area contributed by atoms with E-state index in [-0.39, 0.29) is 22.9 Å². The van der Waals surface area contributed by atoms with Gasteiger partial charge in [0.1, 0.15) is 5.75 Å². The summed E-state index contributed by atoms with van der Waals surface area (Å²) in [6.45, 7) is -0.288. The molecule has 0 aromatic heterocycles. The van der Waals surface area contributed by atoms with Crippen LogP contribution in [0.2, 0.25) is 0 Å². The molecule has 0 radical (unpaired) electrons. The van der Waals surface area contributed by atoms with Crippen LogP contribution in [0.3, 0.4) is 0 Å². The lowest BCUT2D eigenvalue weighted by Crippen LogP contribution is -2.20. The zero-order valence-electron chi connectivity index (χ0n) is 15.9. The van der Waals surface area contributed by atoms with Crippen molar-refractivity contribution < 1.29 is 31.1 Å². The molecule has 2 N–H and O–H groups in total. The van der Waals surface area contributed by atoms with Gasteiger partial charge in [-0.15, -0.1) is 0 Å². The van der Waals surface area contributed by atoms with Gasteiger partial charge in [-0.1, -0.05) is 24.3 Å². The molecule has 3 aromatic carbocycles. The van der Waals surface area contributed by atoms with Gasteiger partial charge in [0.15, 0.2) is 6.61 Å². The average Bonchev–Trinajstić information content (AvgIpc) is 2.72. The molecule has 3 rings (SSSR count). The van der Waals surface area contributed by atoms with Crippen LogP contribution in [0.25, 0.3) is 0 Å². The predicted octanol–water partition coefficient (Wildman–Crippen LogP) is 4.52. The monoisotopic (exact) mass is 450 g/mol. The van der Waals surface area contributed by atoms with E-state index in [1.165, 1.54) is 30.3 Å². The highest BCUT2D eigenvalue weighted by Crippen LogP contribution is 2.31. The summed E-state index contributed by atoms with van der Waals surface area (Å²) in [5.74, 6) is -0.143. The van der Waals surface area contributed by atoms with Crippen molar-refractivity contribution in [1.82, 2.24) is 0 Å². The molecule has 0 spiro atoms. The quantitative estimate of drug-likeness (QED) is 0.554. The second-order valence-corrected chi connectivity index (χ2v) is 8.04. The number of amides is 1. The van der Waals surface area contributed by atoms with Crippen LogP contribution in [0.4, 0.5) is 24.5 Å². The lowest BCUT2D eigenvalue weighted by Gasteiger charge is -2.12. The molecule has 0 aliphatic rings. The minimum Gasteiger partial charge on any atom is -0.484 e. The van der Waals surface area contributed by atoms with Crippen molar-refractivity contribution in [3.63, 3.8) is 0 Å². The first-order chi connectivity index (χ1) is 14.6. The van der Waals surface area contributed by atoms with Gasteiger partial charge in [0.25, 0.3) is 15.9 Å². The molecule has 0 aliphatic carbocycles. The highest BCUT2D eigenvalue weighted by molar-refractivity contribution is 7.92. The maximum Gasteiger partial charge on any atom is 0.416 e. The highest BCUT2D eigenvalue weighted by atomic mass is 32.2. The Labute approximate surface area is 176 Å². The topological polar surface area (TPSA) is 84.5 Å². The van der Waals surface area contributed by atoms with Gasteiger partial charge >= 0.3 is 6.18 Å². The summed E-state index contributed by atoms with van der Waals surface area (Å²) in [5.41, 5.74) is -0.573. The summed E-state index contributed by atoms with van der Waals surface area (Å²) < 4.78 is 70.7. The van der Waals surface area contributed by atoms with E-state index in [9.17, 15) is 26.4 Å². The number of rotatable bonds is 7. The normalized spacial score (nSPS) is 11.6. The fraction of sp³-hybridized carbons (Fsp3) is 0.0952. The van der Waals surface area contributed by atoms with Crippen molar-refractivity contribution in [2.45, 2.75) is 11.1 Å². The van der Waals surface area contributed by atoms with Crippen molar-refractivity contribution in [2.24, 2.45) is 0 Å². The smallest absolute Gasteiger partial charge is 0.416 e. The van der Waals surface area contributed by atoms with Crippen LogP contribution in [-0.4, -0.2) is 20.9 Å². The summed E-state index contributed by atoms with van der Waals surface area (Å²) in [6, 6.07) is 17.8. The number of halogens is 3. The van der Waals surface area contributed by atoms with E-state index in [4.69, 9.17) is 4.74 Å². The van der Waals surface area contributed by atoms with Crippen LogP contribution in [0.15, 0.2) is 83.8 Å². The van der Waals surface area contributed by atoms with Gasteiger partial charge in [-0.3, -0.25) is 9.52 Å². The lowest BCUT2D eigenvalue weighted by molar-refractivity contribution is -0.137. The van der Waals surface area contributed by atoms with Gasteiger partial charge in [0.05, 0.1) is 10.5 Å². The summed E-state index contributed by atoms with van der Waals surface area (Å²) in [6.07, 6.45) is -4.59. The Bertz CT molecular complexity index is 1150. The third-order valence-corrected chi connectivity index (χ3v) is 5.40. The van der Waals surface area contributed by atoms with E-state index >= 15 is 0 Å². The molecule has 6 nitrogen and oxygen atoms in total. The van der Waals surface area contributed by atoms with Crippen LogP contribution in [0, 0.1) is 0 Å². The molecule has 0 unspecified atom stereocenters. The summed E-state index contributed by atoms with van der Waals surface area (Å²) in [5, 5.41) is 2.64. The first kappa shape index (κ1) is 22.2. The SMILES string of the molecule is O=C(COc1ccc(S(=O)(=O)Nc2cccc(C(F)(F)F)c2)cc1)Nc1ccccc1. The number of ether oxygens (including phenoxy) is 1. The lowest BCUT2D eigenvalue weighted by atomic mass is 10.2. The minimum atomic E-state index is -4.59. The van der Waals surface area contributed by atoms with Gasteiger partial charge in [-0.25, -0.2) is 8.42 Å². The molecule has 1 amide bonds. The third kappa shape index (κ3) is 6.22. The van der Waals surface area contributed by atoms with Crippen molar-refractivity contribution in [3.8, 4) is 5.75 Å². The Balaban J connectivity index is 1.61. The van der Waals surface area contributed by atoms with Crippen LogP contribution in [0.1, 0.15) is 5.56 Å². The molecule has 31 heavy (non-hydrogen) atoms. The predicted molar refractivity (Wildman–Crippen MR) is 109 cm³/mol. The Morgan fingerprint density at radius 1 is 0.871 bits per heavy atom. The van der Waals surface area contributed by atoms with Crippen LogP contribution in [0.5, 0.6) is 5.75 Å². The van der Waals surface area contributed by atoms with Crippen molar-refractivity contribution in [2.75, 3.05) is 16.6 Å². The maximum absolute atomic E-state index is 12.8. The number of hydrogen-bond donors (Lipinski definition) is 2. The van der Waals surface area contributed by atoms with E-state index < -0.39 is 27.7 Å². The summed E-state index contributed by atoms with van der Waals surface area (Å²) >= 11 is 0. The van der Waals surface area contributed by atoms with Crippen molar-refractivity contribution in [1.29, 1.82) is 0 Å². The Hall–Kier alpha value is -3.53. The standard InChI is InChI=1S/C21H17F3N2O4S/c22-21(23,24)15-5-4-8-17(13-15)26-31(28,29)19-11-9-18(10-12-19)30-14-20(27)25-16-6-2-1-3-7-16/h1-13,26H,14H2,(H,25,27). The number of hydrogen-bond acceptors (Lipinski definition) is 4. The second kappa shape index (κ2) is 9.09. The number of sulfonamides is 1. The first-order valence-electron chi connectivity index (χ1n) is 8.91. The molecule has 0 heterocycles. The maximum atomic E-state index is 12.8. The molecule has 0 fully saturated rings. The van der Waals surface area contributed by atoms with Crippen molar-refractivity contribution in [3.05, 3.63) is 84.4 Å². The van der Waals surface area contributed by atoms with Gasteiger partial charge in [0.2, 0.25) is 0 Å². The number of nitrogens with one attached hydrogen (secondary N) is 2. The van der Waals surface area contributed by atoms with Gasteiger partial charge < -0.3 is 10.1 Å². The molecule has 162 valence electrons. The Kier molecular flexibility index (Phi) is 6.50. The van der Waals surface area contributed by atoms with Crippen LogP contribution in [-0.2, 0) is 21.0 Å².